The Morgan fingerprint density at radius 1 is 1.12 bits per heavy atom. The number of rotatable bonds is 9. The van der Waals surface area contributed by atoms with Crippen LogP contribution >= 0.6 is 0 Å². The Balaban J connectivity index is 0.00000216. The highest BCUT2D eigenvalue weighted by atomic mass is 16.6. The van der Waals surface area contributed by atoms with Gasteiger partial charge in [0, 0.05) is 63.5 Å². The Labute approximate surface area is 238 Å². The molecule has 2 aliphatic heterocycles. The minimum absolute atomic E-state index is 0.106. The molecule has 9 heteroatoms. The molecule has 1 spiro atoms. The summed E-state index contributed by atoms with van der Waals surface area (Å²) in [5, 5.41) is 14.0. The van der Waals surface area contributed by atoms with Crippen LogP contribution in [0.15, 0.2) is 54.8 Å². The number of carbonyl (C=O) groups excluding carboxylic acids is 1. The fraction of sp³-hybridized carbons (Fsp3) is 0.516. The van der Waals surface area contributed by atoms with Gasteiger partial charge in [-0.3, -0.25) is 14.5 Å². The number of piperidine rings is 1. The normalized spacial score (nSPS) is 17.4. The largest absolute Gasteiger partial charge is 0.478 e. The number of nitrogens with zero attached hydrogens (tertiary/aromatic N) is 4. The summed E-state index contributed by atoms with van der Waals surface area (Å²) in [5.74, 6) is -0.990. The van der Waals surface area contributed by atoms with E-state index in [1.54, 1.807) is 24.1 Å². The van der Waals surface area contributed by atoms with Crippen LogP contribution in [0.1, 0.15) is 69.1 Å². The molecule has 1 aromatic carbocycles. The van der Waals surface area contributed by atoms with Crippen LogP contribution in [0.4, 0.5) is 10.5 Å². The smallest absolute Gasteiger partial charge is 0.415 e. The maximum atomic E-state index is 12.7. The van der Waals surface area contributed by atoms with Gasteiger partial charge in [0.1, 0.15) is 5.60 Å². The molecule has 0 bridgehead atoms. The zero-order valence-corrected chi connectivity index (χ0v) is 24.7. The summed E-state index contributed by atoms with van der Waals surface area (Å²) < 4.78 is 13.0. The van der Waals surface area contributed by atoms with E-state index >= 15 is 0 Å². The van der Waals surface area contributed by atoms with Gasteiger partial charge in [-0.15, -0.1) is 0 Å². The maximum absolute atomic E-state index is 12.7. The van der Waals surface area contributed by atoms with Crippen molar-refractivity contribution in [1.29, 1.82) is 0 Å². The molecule has 0 aliphatic carbocycles. The van der Waals surface area contributed by atoms with Crippen LogP contribution in [0.3, 0.4) is 0 Å². The number of carbonyl (C=O) groups is 2. The highest BCUT2D eigenvalue weighted by Gasteiger charge is 2.47. The summed E-state index contributed by atoms with van der Waals surface area (Å²) in [6.07, 6.45) is 12.1. The zero-order valence-electron chi connectivity index (χ0n) is 24.7. The molecular formula is C31H44N4O5. The van der Waals surface area contributed by atoms with E-state index in [2.05, 4.69) is 37.9 Å². The van der Waals surface area contributed by atoms with Gasteiger partial charge in [-0.1, -0.05) is 38.2 Å². The molecule has 0 unspecified atom stereocenters. The first kappa shape index (κ1) is 31.1. The van der Waals surface area contributed by atoms with Crippen molar-refractivity contribution in [2.75, 3.05) is 38.3 Å². The number of methoxy groups -OCH3 is 1. The summed E-state index contributed by atoms with van der Waals surface area (Å²) >= 11 is 0. The topological polar surface area (TPSA) is 97.1 Å². The molecular weight excluding hydrogens is 508 g/mol. The lowest BCUT2D eigenvalue weighted by Crippen LogP contribution is -2.46. The SMILES string of the molecule is CC.COC/C=C\C=C/Cc1nn(C(C)(C)C)cc1CN1CCC2(CC1)CN(c1ccc(C(=O)O)cc1)C(=O)O2. The van der Waals surface area contributed by atoms with Crippen molar-refractivity contribution in [3.63, 3.8) is 0 Å². The monoisotopic (exact) mass is 552 g/mol. The minimum Gasteiger partial charge on any atom is -0.478 e. The Bertz CT molecular complexity index is 1190. The Morgan fingerprint density at radius 3 is 2.38 bits per heavy atom. The average Bonchev–Trinajstić information content (AvgIpc) is 3.49. The third kappa shape index (κ3) is 7.82. The zero-order chi connectivity index (χ0) is 29.3. The molecule has 2 saturated heterocycles. The average molecular weight is 553 g/mol. The van der Waals surface area contributed by atoms with Crippen molar-refractivity contribution >= 4 is 17.7 Å². The fourth-order valence-corrected chi connectivity index (χ4v) is 4.81. The molecule has 0 radical (unpaired) electrons. The number of ether oxygens (including phenoxy) is 2. The number of hydrogen-bond donors (Lipinski definition) is 1. The molecule has 9 nitrogen and oxygen atoms in total. The number of likely N-dealkylation sites (tertiary alicyclic amines) is 1. The molecule has 0 atom stereocenters. The van der Waals surface area contributed by atoms with Gasteiger partial charge in [0.25, 0.3) is 0 Å². The highest BCUT2D eigenvalue weighted by Crippen LogP contribution is 2.36. The number of amides is 1. The van der Waals surface area contributed by atoms with E-state index in [-0.39, 0.29) is 17.2 Å². The predicted molar refractivity (Wildman–Crippen MR) is 157 cm³/mol. The predicted octanol–water partition coefficient (Wildman–Crippen LogP) is 5.66. The Kier molecular flexibility index (Phi) is 10.7. The molecule has 0 saturated carbocycles. The van der Waals surface area contributed by atoms with Gasteiger partial charge in [0.2, 0.25) is 0 Å². The first-order valence-corrected chi connectivity index (χ1v) is 14.0. The standard InChI is InChI=1S/C29H38N4O5.C2H6/c1-28(2,3)33-20-23(25(30-33)9-7-5-6-8-18-37-4)19-31-16-14-29(15-17-31)21-32(27(36)38-29)24-12-10-22(11-13-24)26(34)35;1-2/h5-8,10-13,20H,9,14-19,21H2,1-4H3,(H,34,35);1-2H3/b7-5-,8-6-;. The molecule has 2 aliphatic rings. The first-order chi connectivity index (χ1) is 19.1. The quantitative estimate of drug-likeness (QED) is 0.401. The van der Waals surface area contributed by atoms with Gasteiger partial charge in [-0.2, -0.15) is 5.10 Å². The van der Waals surface area contributed by atoms with E-state index in [1.807, 2.05) is 36.8 Å². The van der Waals surface area contributed by atoms with Crippen LogP contribution in [-0.4, -0.2) is 70.8 Å². The summed E-state index contributed by atoms with van der Waals surface area (Å²) in [6, 6.07) is 6.35. The second-order valence-electron chi connectivity index (χ2n) is 11.0. The molecule has 1 N–H and O–H groups in total. The van der Waals surface area contributed by atoms with E-state index in [0.29, 0.717) is 18.8 Å². The van der Waals surface area contributed by atoms with Crippen LogP contribution in [0, 0.1) is 0 Å². The molecule has 4 rings (SSSR count). The number of allylic oxidation sites excluding steroid dienone is 3. The molecule has 218 valence electrons. The Morgan fingerprint density at radius 2 is 1.77 bits per heavy atom. The summed E-state index contributed by atoms with van der Waals surface area (Å²) in [7, 11) is 1.68. The van der Waals surface area contributed by atoms with Gasteiger partial charge < -0.3 is 14.6 Å². The van der Waals surface area contributed by atoms with Crippen molar-refractivity contribution in [3.8, 4) is 0 Å². The third-order valence-corrected chi connectivity index (χ3v) is 7.08. The molecule has 1 amide bonds. The summed E-state index contributed by atoms with van der Waals surface area (Å²) in [6.45, 7) is 13.9. The summed E-state index contributed by atoms with van der Waals surface area (Å²) in [5.41, 5.74) is 2.50. The van der Waals surface area contributed by atoms with Crippen molar-refractivity contribution in [1.82, 2.24) is 14.7 Å². The van der Waals surface area contributed by atoms with Crippen LogP contribution in [0.5, 0.6) is 0 Å². The molecule has 3 heterocycles. The van der Waals surface area contributed by atoms with Gasteiger partial charge >= 0.3 is 12.1 Å². The number of aromatic carboxylic acids is 1. The number of carboxylic acid groups (broad SMARTS) is 1. The maximum Gasteiger partial charge on any atom is 0.415 e. The van der Waals surface area contributed by atoms with Gasteiger partial charge in [-0.05, 0) is 45.0 Å². The lowest BCUT2D eigenvalue weighted by Gasteiger charge is -2.37. The van der Waals surface area contributed by atoms with E-state index in [1.165, 1.54) is 17.7 Å². The summed E-state index contributed by atoms with van der Waals surface area (Å²) in [4.78, 5) is 27.9. The van der Waals surface area contributed by atoms with Crippen molar-refractivity contribution in [2.24, 2.45) is 0 Å². The minimum atomic E-state index is -0.990. The lowest BCUT2D eigenvalue weighted by atomic mass is 9.91. The van der Waals surface area contributed by atoms with E-state index in [0.717, 1.165) is 44.6 Å². The Hall–Kier alpha value is -3.43. The van der Waals surface area contributed by atoms with Gasteiger partial charge in [0.15, 0.2) is 0 Å². The van der Waals surface area contributed by atoms with Crippen LogP contribution in [-0.2, 0) is 28.0 Å². The number of carboxylic acids is 1. The van der Waals surface area contributed by atoms with E-state index in [4.69, 9.17) is 19.7 Å². The van der Waals surface area contributed by atoms with E-state index in [9.17, 15) is 9.59 Å². The number of anilines is 1. The number of benzene rings is 1. The van der Waals surface area contributed by atoms with Crippen molar-refractivity contribution < 1.29 is 24.2 Å². The molecule has 40 heavy (non-hydrogen) atoms. The molecule has 2 aromatic rings. The molecule has 1 aromatic heterocycles. The van der Waals surface area contributed by atoms with Crippen molar-refractivity contribution in [3.05, 3.63) is 71.6 Å². The number of hydrogen-bond acceptors (Lipinski definition) is 6. The van der Waals surface area contributed by atoms with Crippen LogP contribution < -0.4 is 4.90 Å². The van der Waals surface area contributed by atoms with Gasteiger partial charge in [-0.25, -0.2) is 9.59 Å². The number of aromatic nitrogens is 2. The van der Waals surface area contributed by atoms with E-state index < -0.39 is 11.6 Å². The fourth-order valence-electron chi connectivity index (χ4n) is 4.81. The second-order valence-corrected chi connectivity index (χ2v) is 11.0. The van der Waals surface area contributed by atoms with Crippen LogP contribution in [0.25, 0.3) is 0 Å². The van der Waals surface area contributed by atoms with Crippen molar-refractivity contribution in [2.45, 2.75) is 71.6 Å². The second kappa shape index (κ2) is 13.8. The molecule has 2 fully saturated rings. The highest BCUT2D eigenvalue weighted by molar-refractivity contribution is 5.92. The first-order valence-electron chi connectivity index (χ1n) is 14.0. The lowest BCUT2D eigenvalue weighted by molar-refractivity contribution is -0.00102. The third-order valence-electron chi connectivity index (χ3n) is 7.08. The van der Waals surface area contributed by atoms with Crippen LogP contribution in [0.2, 0.25) is 0 Å². The van der Waals surface area contributed by atoms with Gasteiger partial charge in [0.05, 0.1) is 29.9 Å².